The predicted molar refractivity (Wildman–Crippen MR) is 67.9 cm³/mol. The number of anilines is 2. The SMILES string of the molecule is CCC(C)(CC)Nc1cc([N+](=O)[O-])cc(N)n1. The second kappa shape index (κ2) is 4.99. The molecule has 0 atom stereocenters. The summed E-state index contributed by atoms with van der Waals surface area (Å²) < 4.78 is 0. The van der Waals surface area contributed by atoms with Crippen molar-refractivity contribution < 1.29 is 4.92 Å². The fraction of sp³-hybridized carbons (Fsp3) is 0.545. The van der Waals surface area contributed by atoms with Crippen LogP contribution < -0.4 is 11.1 Å². The monoisotopic (exact) mass is 238 g/mol. The molecular formula is C11H18N4O2. The Morgan fingerprint density at radius 1 is 1.47 bits per heavy atom. The van der Waals surface area contributed by atoms with Gasteiger partial charge >= 0.3 is 0 Å². The van der Waals surface area contributed by atoms with Crippen LogP contribution >= 0.6 is 0 Å². The molecule has 17 heavy (non-hydrogen) atoms. The third kappa shape index (κ3) is 3.30. The predicted octanol–water partition coefficient (Wildman–Crippen LogP) is 2.56. The summed E-state index contributed by atoms with van der Waals surface area (Å²) in [6, 6.07) is 2.65. The van der Waals surface area contributed by atoms with Gasteiger partial charge in [-0.2, -0.15) is 0 Å². The summed E-state index contributed by atoms with van der Waals surface area (Å²) in [6.45, 7) is 6.15. The Labute approximate surface area is 100 Å². The van der Waals surface area contributed by atoms with Gasteiger partial charge in [0.05, 0.1) is 17.1 Å². The van der Waals surface area contributed by atoms with Gasteiger partial charge in [-0.25, -0.2) is 4.98 Å². The molecule has 0 bridgehead atoms. The van der Waals surface area contributed by atoms with Crippen LogP contribution in [-0.2, 0) is 0 Å². The van der Waals surface area contributed by atoms with Crippen molar-refractivity contribution in [2.45, 2.75) is 39.2 Å². The molecule has 0 saturated heterocycles. The quantitative estimate of drug-likeness (QED) is 0.607. The van der Waals surface area contributed by atoms with Crippen molar-refractivity contribution in [1.82, 2.24) is 4.98 Å². The molecule has 1 aromatic rings. The molecule has 6 heteroatoms. The smallest absolute Gasteiger partial charge is 0.276 e. The number of pyridine rings is 1. The molecule has 6 nitrogen and oxygen atoms in total. The number of nitro groups is 1. The highest BCUT2D eigenvalue weighted by Crippen LogP contribution is 2.24. The van der Waals surface area contributed by atoms with Crippen molar-refractivity contribution in [3.8, 4) is 0 Å². The molecule has 94 valence electrons. The molecule has 0 aliphatic carbocycles. The van der Waals surface area contributed by atoms with Crippen molar-refractivity contribution in [2.24, 2.45) is 0 Å². The number of nitrogen functional groups attached to an aromatic ring is 1. The van der Waals surface area contributed by atoms with Crippen LogP contribution in [0.5, 0.6) is 0 Å². The van der Waals surface area contributed by atoms with Gasteiger partial charge in [0, 0.05) is 5.54 Å². The number of hydrogen-bond donors (Lipinski definition) is 2. The Morgan fingerprint density at radius 3 is 2.53 bits per heavy atom. The minimum Gasteiger partial charge on any atom is -0.383 e. The summed E-state index contributed by atoms with van der Waals surface area (Å²) in [4.78, 5) is 14.3. The Balaban J connectivity index is 3.02. The largest absolute Gasteiger partial charge is 0.383 e. The van der Waals surface area contributed by atoms with E-state index in [1.165, 1.54) is 12.1 Å². The van der Waals surface area contributed by atoms with Crippen LogP contribution in [0.1, 0.15) is 33.6 Å². The van der Waals surface area contributed by atoms with Crippen LogP contribution in [0.2, 0.25) is 0 Å². The molecule has 0 aliphatic heterocycles. The van der Waals surface area contributed by atoms with Crippen LogP contribution in [0.4, 0.5) is 17.3 Å². The molecule has 0 aromatic carbocycles. The molecule has 0 aliphatic rings. The maximum absolute atomic E-state index is 10.7. The van der Waals surface area contributed by atoms with E-state index in [1.807, 2.05) is 6.92 Å². The maximum atomic E-state index is 10.7. The van der Waals surface area contributed by atoms with E-state index < -0.39 is 4.92 Å². The minimum atomic E-state index is -0.474. The first-order chi connectivity index (χ1) is 7.90. The lowest BCUT2D eigenvalue weighted by molar-refractivity contribution is -0.384. The summed E-state index contributed by atoms with van der Waals surface area (Å²) in [5.41, 5.74) is 5.37. The zero-order chi connectivity index (χ0) is 13.1. The van der Waals surface area contributed by atoms with Gasteiger partial charge in [-0.3, -0.25) is 10.1 Å². The highest BCUT2D eigenvalue weighted by Gasteiger charge is 2.21. The number of nitrogens with zero attached hydrogens (tertiary/aromatic N) is 2. The van der Waals surface area contributed by atoms with Crippen molar-refractivity contribution in [3.05, 3.63) is 22.2 Å². The van der Waals surface area contributed by atoms with Crippen LogP contribution in [-0.4, -0.2) is 15.4 Å². The first-order valence-corrected chi connectivity index (χ1v) is 5.60. The number of hydrogen-bond acceptors (Lipinski definition) is 5. The lowest BCUT2D eigenvalue weighted by Gasteiger charge is -2.28. The Hall–Kier alpha value is -1.85. The van der Waals surface area contributed by atoms with Gasteiger partial charge in [-0.1, -0.05) is 13.8 Å². The summed E-state index contributed by atoms with van der Waals surface area (Å²) in [5, 5.41) is 13.9. The van der Waals surface area contributed by atoms with E-state index >= 15 is 0 Å². The Kier molecular flexibility index (Phi) is 3.88. The van der Waals surface area contributed by atoms with E-state index in [1.54, 1.807) is 0 Å². The first kappa shape index (κ1) is 13.2. The number of aromatic nitrogens is 1. The van der Waals surface area contributed by atoms with E-state index in [-0.39, 0.29) is 17.0 Å². The van der Waals surface area contributed by atoms with Gasteiger partial charge < -0.3 is 11.1 Å². The molecule has 0 saturated carbocycles. The van der Waals surface area contributed by atoms with E-state index in [2.05, 4.69) is 24.1 Å². The van der Waals surface area contributed by atoms with Gasteiger partial charge in [0.1, 0.15) is 11.6 Å². The fourth-order valence-electron chi connectivity index (χ4n) is 1.44. The van der Waals surface area contributed by atoms with Crippen molar-refractivity contribution in [3.63, 3.8) is 0 Å². The summed E-state index contributed by atoms with van der Waals surface area (Å²) >= 11 is 0. The standard InChI is InChI=1S/C11H18N4O2/c1-4-11(3,5-2)14-10-7-8(15(16)17)6-9(12)13-10/h6-7H,4-5H2,1-3H3,(H3,12,13,14). The molecule has 3 N–H and O–H groups in total. The summed E-state index contributed by atoms with van der Waals surface area (Å²) in [6.07, 6.45) is 1.79. The number of nitrogens with one attached hydrogen (secondary N) is 1. The molecule has 0 amide bonds. The van der Waals surface area contributed by atoms with Gasteiger partial charge in [0.25, 0.3) is 5.69 Å². The molecule has 1 rings (SSSR count). The molecule has 0 fully saturated rings. The zero-order valence-electron chi connectivity index (χ0n) is 10.4. The highest BCUT2D eigenvalue weighted by molar-refractivity contribution is 5.53. The van der Waals surface area contributed by atoms with Crippen molar-refractivity contribution >= 4 is 17.3 Å². The van der Waals surface area contributed by atoms with Crippen LogP contribution in [0.15, 0.2) is 12.1 Å². The van der Waals surface area contributed by atoms with E-state index in [0.29, 0.717) is 5.82 Å². The Bertz CT molecular complexity index is 416. The average Bonchev–Trinajstić information content (AvgIpc) is 2.28. The van der Waals surface area contributed by atoms with Crippen molar-refractivity contribution in [2.75, 3.05) is 11.1 Å². The minimum absolute atomic E-state index is 0.0467. The van der Waals surface area contributed by atoms with Crippen LogP contribution in [0.25, 0.3) is 0 Å². The molecule has 1 aromatic heterocycles. The molecule has 0 spiro atoms. The second-order valence-electron chi connectivity index (χ2n) is 4.29. The van der Waals surface area contributed by atoms with Gasteiger partial charge in [-0.15, -0.1) is 0 Å². The normalized spacial score (nSPS) is 11.2. The molecular weight excluding hydrogens is 220 g/mol. The van der Waals surface area contributed by atoms with E-state index in [0.717, 1.165) is 12.8 Å². The average molecular weight is 238 g/mol. The number of rotatable bonds is 5. The summed E-state index contributed by atoms with van der Waals surface area (Å²) in [5.74, 6) is 0.596. The van der Waals surface area contributed by atoms with E-state index in [9.17, 15) is 10.1 Å². The Morgan fingerprint density at radius 2 is 2.06 bits per heavy atom. The van der Waals surface area contributed by atoms with E-state index in [4.69, 9.17) is 5.73 Å². The second-order valence-corrected chi connectivity index (χ2v) is 4.29. The maximum Gasteiger partial charge on any atom is 0.276 e. The first-order valence-electron chi connectivity index (χ1n) is 5.60. The highest BCUT2D eigenvalue weighted by atomic mass is 16.6. The van der Waals surface area contributed by atoms with Gasteiger partial charge in [0.15, 0.2) is 0 Å². The van der Waals surface area contributed by atoms with Crippen molar-refractivity contribution in [1.29, 1.82) is 0 Å². The topological polar surface area (TPSA) is 94.1 Å². The van der Waals surface area contributed by atoms with Gasteiger partial charge in [-0.05, 0) is 19.8 Å². The van der Waals surface area contributed by atoms with Crippen LogP contribution in [0.3, 0.4) is 0 Å². The molecule has 0 radical (unpaired) electrons. The zero-order valence-corrected chi connectivity index (χ0v) is 10.4. The third-order valence-corrected chi connectivity index (χ3v) is 3.03. The summed E-state index contributed by atoms with van der Waals surface area (Å²) in [7, 11) is 0. The third-order valence-electron chi connectivity index (χ3n) is 3.03. The number of nitrogens with two attached hydrogens (primary N) is 1. The molecule has 0 unspecified atom stereocenters. The lowest BCUT2D eigenvalue weighted by atomic mass is 9.95. The fourth-order valence-corrected chi connectivity index (χ4v) is 1.44. The van der Waals surface area contributed by atoms with Gasteiger partial charge in [0.2, 0.25) is 0 Å². The van der Waals surface area contributed by atoms with Crippen LogP contribution in [0, 0.1) is 10.1 Å². The lowest BCUT2D eigenvalue weighted by Crippen LogP contribution is -2.33. The molecule has 1 heterocycles.